The molecule has 1 N–H and O–H groups in total. The lowest BCUT2D eigenvalue weighted by atomic mass is 10.1. The Morgan fingerprint density at radius 3 is 2.56 bits per heavy atom. The summed E-state index contributed by atoms with van der Waals surface area (Å²) in [5.74, 6) is 0.904. The zero-order valence-electron chi connectivity index (χ0n) is 14.2. The Balaban J connectivity index is 1.54. The SMILES string of the molecule is COc1cccc(N2CCN(c3cc[nH+]c4cc(Cl)ccc34)CC2)c1. The van der Waals surface area contributed by atoms with Gasteiger partial charge in [-0.15, -0.1) is 0 Å². The van der Waals surface area contributed by atoms with E-state index >= 15 is 0 Å². The second-order valence-electron chi connectivity index (χ2n) is 6.23. The number of nitrogens with zero attached hydrogens (tertiary/aromatic N) is 2. The zero-order chi connectivity index (χ0) is 17.2. The van der Waals surface area contributed by atoms with Crippen LogP contribution in [0.1, 0.15) is 0 Å². The quantitative estimate of drug-likeness (QED) is 0.719. The van der Waals surface area contributed by atoms with Gasteiger partial charge in [0.1, 0.15) is 5.75 Å². The summed E-state index contributed by atoms with van der Waals surface area (Å²) in [6, 6.07) is 16.5. The number of piperazine rings is 1. The number of anilines is 2. The standard InChI is InChI=1S/C20H20ClN3O/c1-25-17-4-2-3-16(14-17)23-9-11-24(12-10-23)20-7-8-22-19-13-15(21)5-6-18(19)20/h2-8,13-14H,9-12H2,1H3/p+1. The first-order valence-corrected chi connectivity index (χ1v) is 8.86. The second-order valence-corrected chi connectivity index (χ2v) is 6.66. The van der Waals surface area contributed by atoms with Gasteiger partial charge in [-0.05, 0) is 24.3 Å². The van der Waals surface area contributed by atoms with Gasteiger partial charge in [0.15, 0.2) is 6.20 Å². The number of hydrogen-bond acceptors (Lipinski definition) is 3. The average molecular weight is 355 g/mol. The Kier molecular flexibility index (Phi) is 4.36. The molecule has 1 fully saturated rings. The van der Waals surface area contributed by atoms with Crippen LogP contribution in [0.3, 0.4) is 0 Å². The molecule has 128 valence electrons. The number of halogens is 1. The van der Waals surface area contributed by atoms with Crippen LogP contribution in [0.4, 0.5) is 11.4 Å². The van der Waals surface area contributed by atoms with Crippen LogP contribution in [0, 0.1) is 0 Å². The number of hydrogen-bond donors (Lipinski definition) is 0. The number of aromatic amines is 1. The van der Waals surface area contributed by atoms with Crippen molar-refractivity contribution < 1.29 is 9.72 Å². The number of fused-ring (bicyclic) bond motifs is 1. The summed E-state index contributed by atoms with van der Waals surface area (Å²) in [7, 11) is 1.71. The summed E-state index contributed by atoms with van der Waals surface area (Å²) in [6.45, 7) is 3.94. The molecule has 0 spiro atoms. The van der Waals surface area contributed by atoms with Crippen LogP contribution >= 0.6 is 11.6 Å². The number of ether oxygens (including phenoxy) is 1. The van der Waals surface area contributed by atoms with Crippen molar-refractivity contribution >= 4 is 33.9 Å². The van der Waals surface area contributed by atoms with Gasteiger partial charge in [-0.25, -0.2) is 4.98 Å². The van der Waals surface area contributed by atoms with Crippen LogP contribution in [-0.4, -0.2) is 33.3 Å². The highest BCUT2D eigenvalue weighted by atomic mass is 35.5. The van der Waals surface area contributed by atoms with Crippen LogP contribution in [0.25, 0.3) is 10.9 Å². The van der Waals surface area contributed by atoms with Gasteiger partial charge in [0.25, 0.3) is 0 Å². The number of aromatic nitrogens is 1. The van der Waals surface area contributed by atoms with Crippen molar-refractivity contribution in [1.29, 1.82) is 0 Å². The van der Waals surface area contributed by atoms with Gasteiger partial charge < -0.3 is 14.5 Å². The summed E-state index contributed by atoms with van der Waals surface area (Å²) in [6.07, 6.45) is 1.99. The summed E-state index contributed by atoms with van der Waals surface area (Å²) in [5, 5.41) is 1.96. The lowest BCUT2D eigenvalue weighted by molar-refractivity contribution is -0.344. The van der Waals surface area contributed by atoms with E-state index in [0.717, 1.165) is 42.5 Å². The highest BCUT2D eigenvalue weighted by molar-refractivity contribution is 6.31. The second kappa shape index (κ2) is 6.81. The molecule has 1 aromatic heterocycles. The van der Waals surface area contributed by atoms with Crippen LogP contribution in [0.5, 0.6) is 5.75 Å². The monoisotopic (exact) mass is 354 g/mol. The van der Waals surface area contributed by atoms with Crippen molar-refractivity contribution in [2.24, 2.45) is 0 Å². The Morgan fingerprint density at radius 1 is 0.960 bits per heavy atom. The van der Waals surface area contributed by atoms with Crippen molar-refractivity contribution in [3.63, 3.8) is 0 Å². The number of methoxy groups -OCH3 is 1. The van der Waals surface area contributed by atoms with Crippen LogP contribution < -0.4 is 19.5 Å². The van der Waals surface area contributed by atoms with Gasteiger partial charge in [-0.3, -0.25) is 0 Å². The number of rotatable bonds is 3. The fourth-order valence-corrected chi connectivity index (χ4v) is 3.62. The van der Waals surface area contributed by atoms with E-state index in [-0.39, 0.29) is 0 Å². The molecular formula is C20H21ClN3O+. The highest BCUT2D eigenvalue weighted by Gasteiger charge is 2.20. The largest absolute Gasteiger partial charge is 0.497 e. The zero-order valence-corrected chi connectivity index (χ0v) is 15.0. The molecule has 2 aromatic carbocycles. The van der Waals surface area contributed by atoms with E-state index in [9.17, 15) is 0 Å². The van der Waals surface area contributed by atoms with Crippen LogP contribution in [0.2, 0.25) is 5.02 Å². The van der Waals surface area contributed by atoms with Crippen molar-refractivity contribution in [2.75, 3.05) is 43.1 Å². The fraction of sp³-hybridized carbons (Fsp3) is 0.250. The minimum Gasteiger partial charge on any atom is -0.497 e. The number of nitrogens with one attached hydrogen (secondary N) is 1. The number of benzene rings is 2. The minimum atomic E-state index is 0.753. The highest BCUT2D eigenvalue weighted by Crippen LogP contribution is 2.28. The molecule has 25 heavy (non-hydrogen) atoms. The maximum atomic E-state index is 6.12. The third-order valence-electron chi connectivity index (χ3n) is 4.78. The first kappa shape index (κ1) is 16.0. The molecule has 4 nitrogen and oxygen atoms in total. The molecule has 1 aliphatic rings. The van der Waals surface area contributed by atoms with Crippen LogP contribution in [0.15, 0.2) is 54.7 Å². The maximum absolute atomic E-state index is 6.12. The molecule has 0 amide bonds. The van der Waals surface area contributed by atoms with E-state index in [1.54, 1.807) is 7.11 Å². The molecule has 5 heteroatoms. The summed E-state index contributed by atoms with van der Waals surface area (Å²) in [4.78, 5) is 8.14. The van der Waals surface area contributed by atoms with Gasteiger partial charge in [-0.2, -0.15) is 0 Å². The Morgan fingerprint density at radius 2 is 1.76 bits per heavy atom. The van der Waals surface area contributed by atoms with Crippen molar-refractivity contribution in [3.8, 4) is 5.75 Å². The summed E-state index contributed by atoms with van der Waals surface area (Å²) in [5.41, 5.74) is 3.55. The van der Waals surface area contributed by atoms with Crippen LogP contribution in [-0.2, 0) is 0 Å². The molecule has 4 rings (SSSR count). The third kappa shape index (κ3) is 3.22. The van der Waals surface area contributed by atoms with E-state index in [1.807, 2.05) is 30.5 Å². The van der Waals surface area contributed by atoms with Gasteiger partial charge in [-0.1, -0.05) is 17.7 Å². The lowest BCUT2D eigenvalue weighted by Gasteiger charge is -2.37. The van der Waals surface area contributed by atoms with Gasteiger partial charge in [0.05, 0.1) is 18.2 Å². The molecule has 2 heterocycles. The molecule has 1 saturated heterocycles. The Labute approximate surface area is 152 Å². The molecule has 0 bridgehead atoms. The third-order valence-corrected chi connectivity index (χ3v) is 5.01. The van der Waals surface area contributed by atoms with Crippen molar-refractivity contribution in [1.82, 2.24) is 0 Å². The number of pyridine rings is 1. The Hall–Kier alpha value is -2.46. The average Bonchev–Trinajstić information content (AvgIpc) is 2.67. The summed E-state index contributed by atoms with van der Waals surface area (Å²) >= 11 is 6.12. The molecule has 0 unspecified atom stereocenters. The van der Waals surface area contributed by atoms with E-state index in [0.29, 0.717) is 0 Å². The van der Waals surface area contributed by atoms with Crippen molar-refractivity contribution in [2.45, 2.75) is 0 Å². The molecule has 0 radical (unpaired) electrons. The van der Waals surface area contributed by atoms with Gasteiger partial charge in [0.2, 0.25) is 5.52 Å². The lowest BCUT2D eigenvalue weighted by Crippen LogP contribution is -2.46. The number of H-pyrrole nitrogens is 1. The smallest absolute Gasteiger partial charge is 0.214 e. The predicted molar refractivity (Wildman–Crippen MR) is 103 cm³/mol. The van der Waals surface area contributed by atoms with Gasteiger partial charge in [0, 0.05) is 55.1 Å². The summed E-state index contributed by atoms with van der Waals surface area (Å²) < 4.78 is 5.34. The first-order valence-electron chi connectivity index (χ1n) is 8.48. The van der Waals surface area contributed by atoms with Gasteiger partial charge >= 0.3 is 0 Å². The normalized spacial score (nSPS) is 14.8. The van der Waals surface area contributed by atoms with E-state index in [4.69, 9.17) is 16.3 Å². The minimum absolute atomic E-state index is 0.753. The maximum Gasteiger partial charge on any atom is 0.214 e. The Bertz CT molecular complexity index is 891. The molecule has 0 saturated carbocycles. The van der Waals surface area contributed by atoms with E-state index < -0.39 is 0 Å². The predicted octanol–water partition coefficient (Wildman–Crippen LogP) is 3.64. The molecule has 0 aliphatic carbocycles. The van der Waals surface area contributed by atoms with E-state index in [1.165, 1.54) is 16.8 Å². The van der Waals surface area contributed by atoms with E-state index in [2.05, 4.69) is 39.0 Å². The molecule has 1 aliphatic heterocycles. The topological polar surface area (TPSA) is 29.9 Å². The fourth-order valence-electron chi connectivity index (χ4n) is 3.45. The molecule has 0 atom stereocenters. The molecular weight excluding hydrogens is 334 g/mol. The first-order chi connectivity index (χ1) is 12.2. The van der Waals surface area contributed by atoms with Crippen molar-refractivity contribution in [3.05, 3.63) is 59.8 Å². The molecule has 3 aromatic rings.